The molecule has 0 aromatic carbocycles. The van der Waals surface area contributed by atoms with Crippen LogP contribution >= 0.6 is 0 Å². The van der Waals surface area contributed by atoms with Gasteiger partial charge in [-0.15, -0.1) is 0 Å². The van der Waals surface area contributed by atoms with Crippen LogP contribution in [-0.4, -0.2) is 21.6 Å². The number of nitrogens with two attached hydrogens (primary N) is 1. The zero-order valence-electron chi connectivity index (χ0n) is 5.44. The van der Waals surface area contributed by atoms with Crippen molar-refractivity contribution in [2.75, 3.05) is 6.54 Å². The van der Waals surface area contributed by atoms with Gasteiger partial charge < -0.3 is 10.8 Å². The van der Waals surface area contributed by atoms with E-state index in [-0.39, 0.29) is 6.54 Å². The van der Waals surface area contributed by atoms with E-state index in [0.717, 1.165) is 0 Å². The fourth-order valence-corrected chi connectivity index (χ4v) is 0.619. The molecule has 1 atom stereocenters. The summed E-state index contributed by atoms with van der Waals surface area (Å²) < 4.78 is 0. The number of hydrogen-bond acceptors (Lipinski definition) is 4. The third kappa shape index (κ3) is 1.49. The fraction of sp³-hybridized carbons (Fsp3) is 0.333. The molecule has 4 nitrogen and oxygen atoms in total. The summed E-state index contributed by atoms with van der Waals surface area (Å²) in [4.78, 5) is 7.45. The number of aliphatic hydroxyl groups is 1. The Kier molecular flexibility index (Phi) is 2.30. The van der Waals surface area contributed by atoms with Crippen LogP contribution < -0.4 is 5.73 Å². The molecule has 0 fully saturated rings. The summed E-state index contributed by atoms with van der Waals surface area (Å²) in [5.74, 6) is 0. The Hall–Kier alpha value is -1.00. The van der Waals surface area contributed by atoms with Crippen LogP contribution in [0.3, 0.4) is 0 Å². The van der Waals surface area contributed by atoms with E-state index in [1.165, 1.54) is 6.33 Å². The topological polar surface area (TPSA) is 72.0 Å². The van der Waals surface area contributed by atoms with Crippen LogP contribution in [0.25, 0.3) is 0 Å². The predicted octanol–water partition coefficient (Wildman–Crippen LogP) is -0.531. The summed E-state index contributed by atoms with van der Waals surface area (Å²) in [5, 5.41) is 9.12. The van der Waals surface area contributed by atoms with Crippen molar-refractivity contribution < 1.29 is 5.11 Å². The van der Waals surface area contributed by atoms with Gasteiger partial charge in [-0.2, -0.15) is 0 Å². The molecule has 1 rings (SSSR count). The maximum Gasteiger partial charge on any atom is 0.115 e. The zero-order valence-corrected chi connectivity index (χ0v) is 5.44. The van der Waals surface area contributed by atoms with E-state index in [9.17, 15) is 0 Å². The standard InChI is InChI=1S/C6H9N3O/c7-1-6(10)5-2-8-4-9-3-5/h2-4,6,10H,1,7H2/t6-/m1/s1. The van der Waals surface area contributed by atoms with Crippen LogP contribution in [0.5, 0.6) is 0 Å². The minimum absolute atomic E-state index is 0.202. The molecule has 0 aliphatic rings. The van der Waals surface area contributed by atoms with Gasteiger partial charge >= 0.3 is 0 Å². The Balaban J connectivity index is 2.75. The van der Waals surface area contributed by atoms with E-state index >= 15 is 0 Å². The molecule has 0 saturated carbocycles. The Labute approximate surface area is 58.7 Å². The Bertz CT molecular complexity index is 189. The zero-order chi connectivity index (χ0) is 7.40. The molecular formula is C6H9N3O. The molecule has 0 aliphatic heterocycles. The van der Waals surface area contributed by atoms with E-state index in [1.54, 1.807) is 12.4 Å². The predicted molar refractivity (Wildman–Crippen MR) is 36.0 cm³/mol. The number of aromatic nitrogens is 2. The molecule has 1 aromatic heterocycles. The van der Waals surface area contributed by atoms with Crippen LogP contribution in [0.1, 0.15) is 11.7 Å². The van der Waals surface area contributed by atoms with Crippen molar-refractivity contribution in [1.82, 2.24) is 9.97 Å². The quantitative estimate of drug-likeness (QED) is 0.577. The second-order valence-electron chi connectivity index (χ2n) is 1.92. The highest BCUT2D eigenvalue weighted by Gasteiger charge is 2.02. The molecule has 0 bridgehead atoms. The van der Waals surface area contributed by atoms with E-state index in [2.05, 4.69) is 9.97 Å². The first-order valence-corrected chi connectivity index (χ1v) is 2.97. The first kappa shape index (κ1) is 7.11. The lowest BCUT2D eigenvalue weighted by molar-refractivity contribution is 0.186. The van der Waals surface area contributed by atoms with Crippen molar-refractivity contribution in [1.29, 1.82) is 0 Å². The third-order valence-corrected chi connectivity index (χ3v) is 1.19. The molecule has 0 saturated heterocycles. The van der Waals surface area contributed by atoms with Gasteiger partial charge in [0.1, 0.15) is 6.33 Å². The van der Waals surface area contributed by atoms with Crippen molar-refractivity contribution >= 4 is 0 Å². The van der Waals surface area contributed by atoms with Crippen LogP contribution in [0.4, 0.5) is 0 Å². The molecule has 3 N–H and O–H groups in total. The van der Waals surface area contributed by atoms with E-state index in [1.807, 2.05) is 0 Å². The summed E-state index contributed by atoms with van der Waals surface area (Å²) >= 11 is 0. The van der Waals surface area contributed by atoms with Crippen molar-refractivity contribution in [2.24, 2.45) is 5.73 Å². The monoisotopic (exact) mass is 139 g/mol. The van der Waals surface area contributed by atoms with Gasteiger partial charge in [0.15, 0.2) is 0 Å². The van der Waals surface area contributed by atoms with Gasteiger partial charge in [-0.1, -0.05) is 0 Å². The third-order valence-electron chi connectivity index (χ3n) is 1.19. The van der Waals surface area contributed by atoms with Crippen LogP contribution in [0.2, 0.25) is 0 Å². The van der Waals surface area contributed by atoms with Crippen molar-refractivity contribution in [3.8, 4) is 0 Å². The average Bonchev–Trinajstić information content (AvgIpc) is 2.05. The molecule has 0 unspecified atom stereocenters. The highest BCUT2D eigenvalue weighted by molar-refractivity contribution is 5.06. The average molecular weight is 139 g/mol. The van der Waals surface area contributed by atoms with Gasteiger partial charge in [0.05, 0.1) is 6.10 Å². The summed E-state index contributed by atoms with van der Waals surface area (Å²) in [6.07, 6.45) is 3.86. The molecule has 0 amide bonds. The highest BCUT2D eigenvalue weighted by Crippen LogP contribution is 2.05. The van der Waals surface area contributed by atoms with Gasteiger partial charge in [-0.3, -0.25) is 0 Å². The second-order valence-corrected chi connectivity index (χ2v) is 1.92. The summed E-state index contributed by atoms with van der Waals surface area (Å²) in [6.45, 7) is 0.202. The van der Waals surface area contributed by atoms with Gasteiger partial charge in [0, 0.05) is 24.5 Å². The number of nitrogens with zero attached hydrogens (tertiary/aromatic N) is 2. The Morgan fingerprint density at radius 2 is 2.10 bits per heavy atom. The maximum absolute atomic E-state index is 9.12. The fourth-order valence-electron chi connectivity index (χ4n) is 0.619. The summed E-state index contributed by atoms with van der Waals surface area (Å²) in [6, 6.07) is 0. The van der Waals surface area contributed by atoms with Crippen LogP contribution in [0, 0.1) is 0 Å². The second kappa shape index (κ2) is 3.24. The minimum atomic E-state index is -0.638. The number of aliphatic hydroxyl groups excluding tert-OH is 1. The van der Waals surface area contributed by atoms with E-state index in [0.29, 0.717) is 5.56 Å². The summed E-state index contributed by atoms with van der Waals surface area (Å²) in [5.41, 5.74) is 5.86. The first-order valence-electron chi connectivity index (χ1n) is 2.97. The molecule has 0 aliphatic carbocycles. The highest BCUT2D eigenvalue weighted by atomic mass is 16.3. The molecule has 1 heterocycles. The van der Waals surface area contributed by atoms with Gasteiger partial charge in [-0.05, 0) is 0 Å². The Morgan fingerprint density at radius 1 is 1.50 bits per heavy atom. The van der Waals surface area contributed by atoms with Crippen molar-refractivity contribution in [3.05, 3.63) is 24.3 Å². The van der Waals surface area contributed by atoms with Crippen molar-refractivity contribution in [2.45, 2.75) is 6.10 Å². The minimum Gasteiger partial charge on any atom is -0.387 e. The summed E-state index contributed by atoms with van der Waals surface area (Å²) in [7, 11) is 0. The van der Waals surface area contributed by atoms with Crippen LogP contribution in [0.15, 0.2) is 18.7 Å². The normalized spacial score (nSPS) is 13.0. The Morgan fingerprint density at radius 3 is 2.60 bits per heavy atom. The maximum atomic E-state index is 9.12. The molecule has 0 radical (unpaired) electrons. The van der Waals surface area contributed by atoms with Gasteiger partial charge in [-0.25, -0.2) is 9.97 Å². The largest absolute Gasteiger partial charge is 0.387 e. The number of hydrogen-bond donors (Lipinski definition) is 2. The van der Waals surface area contributed by atoms with Gasteiger partial charge in [0.25, 0.3) is 0 Å². The lowest BCUT2D eigenvalue weighted by Crippen LogP contribution is -2.11. The van der Waals surface area contributed by atoms with E-state index < -0.39 is 6.10 Å². The number of rotatable bonds is 2. The smallest absolute Gasteiger partial charge is 0.115 e. The molecular weight excluding hydrogens is 130 g/mol. The molecule has 54 valence electrons. The van der Waals surface area contributed by atoms with Gasteiger partial charge in [0.2, 0.25) is 0 Å². The first-order chi connectivity index (χ1) is 4.84. The van der Waals surface area contributed by atoms with Crippen LogP contribution in [-0.2, 0) is 0 Å². The molecule has 4 heteroatoms. The lowest BCUT2D eigenvalue weighted by Gasteiger charge is -2.04. The SMILES string of the molecule is NC[C@@H](O)c1cncnc1. The van der Waals surface area contributed by atoms with Crippen molar-refractivity contribution in [3.63, 3.8) is 0 Å². The lowest BCUT2D eigenvalue weighted by atomic mass is 10.2. The molecule has 10 heavy (non-hydrogen) atoms. The molecule has 1 aromatic rings. The molecule has 0 spiro atoms. The van der Waals surface area contributed by atoms with E-state index in [4.69, 9.17) is 10.8 Å².